The molecule has 1 N–H and O–H groups in total. The number of halogens is 3. The van der Waals surface area contributed by atoms with E-state index in [9.17, 15) is 22.8 Å². The monoisotopic (exact) mass is 517 g/mol. The number of cyclic esters (lactones) is 1. The van der Waals surface area contributed by atoms with E-state index in [4.69, 9.17) is 4.74 Å². The van der Waals surface area contributed by atoms with Gasteiger partial charge < -0.3 is 15.0 Å². The molecular weight excluding hydrogens is 495 g/mol. The van der Waals surface area contributed by atoms with Gasteiger partial charge in [0.1, 0.15) is 23.8 Å². The minimum absolute atomic E-state index is 0.0754. The first-order valence-corrected chi connectivity index (χ1v) is 12.0. The second-order valence-electron chi connectivity index (χ2n) is 8.74. The van der Waals surface area contributed by atoms with Crippen LogP contribution in [0.15, 0.2) is 42.7 Å². The Labute approximate surface area is 208 Å². The number of nitrogens with zero attached hydrogens (tertiary/aromatic N) is 4. The number of anilines is 2. The molecule has 1 aromatic heterocycles. The summed E-state index contributed by atoms with van der Waals surface area (Å²) in [4.78, 5) is 32.6. The van der Waals surface area contributed by atoms with Crippen molar-refractivity contribution < 1.29 is 27.5 Å². The number of benzene rings is 2. The Morgan fingerprint density at radius 1 is 1.22 bits per heavy atom. The molecule has 2 fully saturated rings. The zero-order valence-corrected chi connectivity index (χ0v) is 20.0. The molecule has 1 atom stereocenters. The number of hydrogen-bond donors (Lipinski definition) is 1. The SMILES string of the molecule is Cc1ccc(C2(c3ncns3)CCN(C(=O)Nc3cc(C(F)F)ccc3N3CCOC3=O)C2)cc1F. The predicted octanol–water partition coefficient (Wildman–Crippen LogP) is 5.10. The second kappa shape index (κ2) is 9.41. The van der Waals surface area contributed by atoms with E-state index in [1.807, 2.05) is 6.07 Å². The number of carbonyl (C=O) groups is 2. The lowest BCUT2D eigenvalue weighted by atomic mass is 9.80. The van der Waals surface area contributed by atoms with E-state index in [1.54, 1.807) is 13.0 Å². The van der Waals surface area contributed by atoms with Gasteiger partial charge in [0, 0.05) is 18.7 Å². The first-order chi connectivity index (χ1) is 17.3. The summed E-state index contributed by atoms with van der Waals surface area (Å²) >= 11 is 1.18. The van der Waals surface area contributed by atoms with Crippen LogP contribution < -0.4 is 10.2 Å². The van der Waals surface area contributed by atoms with E-state index in [1.165, 1.54) is 45.9 Å². The van der Waals surface area contributed by atoms with Gasteiger partial charge in [0.15, 0.2) is 0 Å². The van der Waals surface area contributed by atoms with E-state index in [2.05, 4.69) is 14.7 Å². The molecule has 2 aromatic carbocycles. The molecule has 2 aliphatic rings. The summed E-state index contributed by atoms with van der Waals surface area (Å²) in [6.07, 6.45) is -1.48. The lowest BCUT2D eigenvalue weighted by Gasteiger charge is -2.28. The van der Waals surface area contributed by atoms with Crippen molar-refractivity contribution in [1.82, 2.24) is 14.3 Å². The summed E-state index contributed by atoms with van der Waals surface area (Å²) < 4.78 is 50.4. The van der Waals surface area contributed by atoms with Crippen LogP contribution in [0.1, 0.15) is 34.5 Å². The Bertz CT molecular complexity index is 1310. The topological polar surface area (TPSA) is 87.7 Å². The fourth-order valence-electron chi connectivity index (χ4n) is 4.62. The maximum atomic E-state index is 14.5. The maximum Gasteiger partial charge on any atom is 0.414 e. The number of likely N-dealkylation sites (tertiary alicyclic amines) is 1. The lowest BCUT2D eigenvalue weighted by Crippen LogP contribution is -2.38. The Morgan fingerprint density at radius 3 is 2.72 bits per heavy atom. The number of hydrogen-bond acceptors (Lipinski definition) is 6. The van der Waals surface area contributed by atoms with Crippen LogP contribution in [0.5, 0.6) is 0 Å². The number of aryl methyl sites for hydroxylation is 1. The third-order valence-corrected chi connectivity index (χ3v) is 7.49. The van der Waals surface area contributed by atoms with Gasteiger partial charge in [-0.3, -0.25) is 4.90 Å². The summed E-state index contributed by atoms with van der Waals surface area (Å²) in [5.41, 5.74) is 0.473. The predicted molar refractivity (Wildman–Crippen MR) is 127 cm³/mol. The molecule has 2 aliphatic heterocycles. The normalized spacial score (nSPS) is 19.8. The first-order valence-electron chi connectivity index (χ1n) is 11.2. The molecule has 3 heterocycles. The first kappa shape index (κ1) is 24.0. The molecule has 1 unspecified atom stereocenters. The Hall–Kier alpha value is -3.67. The summed E-state index contributed by atoms with van der Waals surface area (Å²) in [6, 6.07) is 8.18. The molecule has 3 aromatic rings. The number of carbonyl (C=O) groups excluding carboxylic acids is 2. The molecular formula is C24H22F3N5O3S. The number of nitrogens with one attached hydrogen (secondary N) is 1. The molecule has 0 radical (unpaired) electrons. The lowest BCUT2D eigenvalue weighted by molar-refractivity contribution is 0.151. The molecule has 188 valence electrons. The molecule has 0 saturated carbocycles. The minimum Gasteiger partial charge on any atom is -0.447 e. The molecule has 0 aliphatic carbocycles. The fraction of sp³-hybridized carbons (Fsp3) is 0.333. The van der Waals surface area contributed by atoms with E-state index in [0.29, 0.717) is 29.1 Å². The van der Waals surface area contributed by atoms with E-state index in [0.717, 1.165) is 6.07 Å². The van der Waals surface area contributed by atoms with Crippen molar-refractivity contribution in [2.75, 3.05) is 36.5 Å². The van der Waals surface area contributed by atoms with E-state index in [-0.39, 0.29) is 42.5 Å². The summed E-state index contributed by atoms with van der Waals surface area (Å²) in [5.74, 6) is -0.356. The number of alkyl halides is 2. The second-order valence-corrected chi connectivity index (χ2v) is 9.52. The van der Waals surface area contributed by atoms with Gasteiger partial charge in [-0.1, -0.05) is 18.2 Å². The summed E-state index contributed by atoms with van der Waals surface area (Å²) in [5, 5.41) is 3.35. The quantitative estimate of drug-likeness (QED) is 0.509. The van der Waals surface area contributed by atoms with Gasteiger partial charge >= 0.3 is 12.1 Å². The van der Waals surface area contributed by atoms with Crippen LogP contribution in [0.2, 0.25) is 0 Å². The van der Waals surface area contributed by atoms with Gasteiger partial charge in [-0.15, -0.1) is 0 Å². The number of urea groups is 1. The number of aromatic nitrogens is 2. The van der Waals surface area contributed by atoms with Crippen LogP contribution >= 0.6 is 11.5 Å². The van der Waals surface area contributed by atoms with Gasteiger partial charge in [0.25, 0.3) is 6.43 Å². The van der Waals surface area contributed by atoms with Gasteiger partial charge in [-0.25, -0.2) is 27.7 Å². The maximum absolute atomic E-state index is 14.5. The van der Waals surface area contributed by atoms with Crippen molar-refractivity contribution in [1.29, 1.82) is 0 Å². The number of amides is 3. The Kier molecular flexibility index (Phi) is 6.29. The van der Waals surface area contributed by atoms with Gasteiger partial charge in [0.2, 0.25) is 0 Å². The van der Waals surface area contributed by atoms with Crippen LogP contribution in [-0.4, -0.2) is 52.6 Å². The van der Waals surface area contributed by atoms with Crippen LogP contribution in [0, 0.1) is 12.7 Å². The molecule has 8 nitrogen and oxygen atoms in total. The minimum atomic E-state index is -2.76. The largest absolute Gasteiger partial charge is 0.447 e. The van der Waals surface area contributed by atoms with Crippen LogP contribution in [0.4, 0.5) is 34.1 Å². The highest BCUT2D eigenvalue weighted by Gasteiger charge is 2.45. The van der Waals surface area contributed by atoms with E-state index < -0.39 is 24.0 Å². The molecule has 0 bridgehead atoms. The van der Waals surface area contributed by atoms with Crippen molar-refractivity contribution in [2.45, 2.75) is 25.2 Å². The third kappa shape index (κ3) is 4.25. The Morgan fingerprint density at radius 2 is 2.06 bits per heavy atom. The highest BCUT2D eigenvalue weighted by atomic mass is 32.1. The molecule has 0 spiro atoms. The van der Waals surface area contributed by atoms with E-state index >= 15 is 0 Å². The fourth-order valence-corrected chi connectivity index (χ4v) is 5.37. The highest BCUT2D eigenvalue weighted by Crippen LogP contribution is 2.42. The van der Waals surface area contributed by atoms with Crippen molar-refractivity contribution in [3.05, 3.63) is 70.2 Å². The molecule has 3 amide bonds. The average Bonchev–Trinajstić information content (AvgIpc) is 3.62. The van der Waals surface area contributed by atoms with Crippen molar-refractivity contribution >= 4 is 35.0 Å². The molecule has 2 saturated heterocycles. The number of rotatable bonds is 5. The molecule has 36 heavy (non-hydrogen) atoms. The van der Waals surface area contributed by atoms with Gasteiger partial charge in [-0.05, 0) is 54.2 Å². The van der Waals surface area contributed by atoms with Crippen molar-refractivity contribution in [3.8, 4) is 0 Å². The number of ether oxygens (including phenoxy) is 1. The Balaban J connectivity index is 1.45. The average molecular weight is 518 g/mol. The van der Waals surface area contributed by atoms with Gasteiger partial charge in [-0.2, -0.15) is 4.37 Å². The smallest absolute Gasteiger partial charge is 0.414 e. The highest BCUT2D eigenvalue weighted by molar-refractivity contribution is 7.05. The van der Waals surface area contributed by atoms with Crippen LogP contribution in [-0.2, 0) is 10.2 Å². The van der Waals surface area contributed by atoms with Crippen LogP contribution in [0.25, 0.3) is 0 Å². The van der Waals surface area contributed by atoms with Gasteiger partial charge in [0.05, 0.1) is 23.3 Å². The van der Waals surface area contributed by atoms with Crippen LogP contribution in [0.3, 0.4) is 0 Å². The zero-order valence-electron chi connectivity index (χ0n) is 19.2. The molecule has 5 rings (SSSR count). The van der Waals surface area contributed by atoms with Crippen molar-refractivity contribution in [3.63, 3.8) is 0 Å². The zero-order chi connectivity index (χ0) is 25.4. The standard InChI is InChI=1S/C24H22F3N5O3S/c1-14-2-4-16(11-17(14)25)24(21-28-13-29-36-21)6-7-31(12-24)22(33)30-18-10-15(20(26)27)3-5-19(18)32-8-9-35-23(32)34/h2-5,10-11,13,20H,6-9,12H2,1H3,(H,30,33). The third-order valence-electron chi connectivity index (χ3n) is 6.62. The summed E-state index contributed by atoms with van der Waals surface area (Å²) in [7, 11) is 0. The molecule has 12 heteroatoms. The summed E-state index contributed by atoms with van der Waals surface area (Å²) in [6.45, 7) is 2.57. The van der Waals surface area contributed by atoms with Crippen molar-refractivity contribution in [2.24, 2.45) is 0 Å².